The Hall–Kier alpha value is -2.83. The van der Waals surface area contributed by atoms with Crippen molar-refractivity contribution in [2.24, 2.45) is 5.73 Å². The van der Waals surface area contributed by atoms with Gasteiger partial charge in [-0.3, -0.25) is 9.59 Å². The first-order valence-electron chi connectivity index (χ1n) is 9.21. The summed E-state index contributed by atoms with van der Waals surface area (Å²) in [5.41, 5.74) is -0.974. The first-order chi connectivity index (χ1) is 14.8. The molecule has 1 heterocycles. The van der Waals surface area contributed by atoms with E-state index in [1.165, 1.54) is 5.32 Å². The first-order valence-corrected chi connectivity index (χ1v) is 10.0. The number of anilines is 1. The van der Waals surface area contributed by atoms with Crippen molar-refractivity contribution >= 4 is 28.2 Å². The number of hydrogen-bond acceptors (Lipinski definition) is 4. The lowest BCUT2D eigenvalue weighted by molar-refractivity contribution is -0.294. The summed E-state index contributed by atoms with van der Waals surface area (Å²) < 4.78 is 97.5. The van der Waals surface area contributed by atoms with E-state index in [-0.39, 0.29) is 12.0 Å². The number of amides is 2. The number of nitrogens with two attached hydrogens (primary N) is 1. The van der Waals surface area contributed by atoms with Gasteiger partial charge in [-0.25, -0.2) is 4.39 Å². The van der Waals surface area contributed by atoms with Crippen molar-refractivity contribution in [2.75, 3.05) is 5.32 Å². The molecule has 1 aliphatic rings. The lowest BCUT2D eigenvalue weighted by Crippen LogP contribution is -2.72. The SMILES string of the molecule is NC(=O)c1c(NC(NC(=O)c2ccccc2F)(C(F)(F)F)C(F)(F)F)sc2c1CCCC2. The zero-order valence-electron chi connectivity index (χ0n) is 16.1. The van der Waals surface area contributed by atoms with Crippen molar-refractivity contribution in [3.63, 3.8) is 0 Å². The van der Waals surface area contributed by atoms with Crippen LogP contribution in [-0.4, -0.2) is 29.8 Å². The van der Waals surface area contributed by atoms with E-state index < -0.39 is 51.8 Å². The van der Waals surface area contributed by atoms with Crippen LogP contribution in [0.4, 0.5) is 35.7 Å². The minimum Gasteiger partial charge on any atom is -0.365 e. The maximum Gasteiger partial charge on any atom is 0.439 e. The van der Waals surface area contributed by atoms with Crippen molar-refractivity contribution in [2.45, 2.75) is 43.7 Å². The van der Waals surface area contributed by atoms with Gasteiger partial charge in [0.05, 0.1) is 11.1 Å². The molecule has 2 aromatic rings. The van der Waals surface area contributed by atoms with Gasteiger partial charge in [0.15, 0.2) is 0 Å². The smallest absolute Gasteiger partial charge is 0.365 e. The molecule has 1 aromatic carbocycles. The van der Waals surface area contributed by atoms with Gasteiger partial charge in [-0.05, 0) is 43.4 Å². The third-order valence-corrected chi connectivity index (χ3v) is 6.20. The van der Waals surface area contributed by atoms with Gasteiger partial charge in [0.1, 0.15) is 10.8 Å². The lowest BCUT2D eigenvalue weighted by Gasteiger charge is -2.38. The molecule has 0 fully saturated rings. The number of alkyl halides is 6. The number of rotatable bonds is 5. The fraction of sp³-hybridized carbons (Fsp3) is 0.368. The van der Waals surface area contributed by atoms with Crippen LogP contribution in [0.25, 0.3) is 0 Å². The van der Waals surface area contributed by atoms with E-state index in [1.807, 2.05) is 0 Å². The summed E-state index contributed by atoms with van der Waals surface area (Å²) >= 11 is 0.538. The van der Waals surface area contributed by atoms with Crippen LogP contribution in [0.3, 0.4) is 0 Å². The fourth-order valence-corrected chi connectivity index (χ4v) is 4.79. The summed E-state index contributed by atoms with van der Waals surface area (Å²) in [6, 6.07) is 3.64. The molecule has 5 nitrogen and oxygen atoms in total. The number of fused-ring (bicyclic) bond motifs is 1. The van der Waals surface area contributed by atoms with Crippen LogP contribution >= 0.6 is 11.3 Å². The van der Waals surface area contributed by atoms with Gasteiger partial charge >= 0.3 is 18.0 Å². The highest BCUT2D eigenvalue weighted by atomic mass is 32.1. The van der Waals surface area contributed by atoms with E-state index in [9.17, 15) is 40.3 Å². The van der Waals surface area contributed by atoms with E-state index >= 15 is 0 Å². The van der Waals surface area contributed by atoms with Crippen LogP contribution in [0.5, 0.6) is 0 Å². The summed E-state index contributed by atoms with van der Waals surface area (Å²) in [4.78, 5) is 24.7. The number of carbonyl (C=O) groups excluding carboxylic acids is 2. The molecule has 0 spiro atoms. The average molecular weight is 483 g/mol. The Morgan fingerprint density at radius 3 is 2.12 bits per heavy atom. The Morgan fingerprint density at radius 2 is 1.56 bits per heavy atom. The Kier molecular flexibility index (Phi) is 6.15. The van der Waals surface area contributed by atoms with Crippen LogP contribution in [0.15, 0.2) is 24.3 Å². The maximum absolute atomic E-state index is 13.9. The van der Waals surface area contributed by atoms with Gasteiger partial charge in [-0.2, -0.15) is 26.3 Å². The molecular formula is C19H16F7N3O2S. The number of thiophene rings is 1. The third-order valence-electron chi connectivity index (χ3n) is 4.99. The quantitative estimate of drug-likeness (QED) is 0.432. The molecule has 1 aromatic heterocycles. The molecule has 0 aliphatic heterocycles. The van der Waals surface area contributed by atoms with E-state index in [0.717, 1.165) is 23.5 Å². The van der Waals surface area contributed by atoms with Gasteiger partial charge in [-0.1, -0.05) is 12.1 Å². The molecular weight excluding hydrogens is 467 g/mol. The summed E-state index contributed by atoms with van der Waals surface area (Å²) in [6.45, 7) is 0. The molecule has 4 N–H and O–H groups in total. The van der Waals surface area contributed by atoms with Crippen molar-refractivity contribution in [3.8, 4) is 0 Å². The van der Waals surface area contributed by atoms with Crippen molar-refractivity contribution in [3.05, 3.63) is 51.7 Å². The summed E-state index contributed by atoms with van der Waals surface area (Å²) in [5, 5.41) is 1.42. The number of hydrogen-bond donors (Lipinski definition) is 3. The molecule has 3 rings (SSSR count). The summed E-state index contributed by atoms with van der Waals surface area (Å²) in [6.07, 6.45) is -10.4. The molecule has 13 heteroatoms. The standard InChI is InChI=1S/C19H16F7N3O2S/c20-11-7-3-1-5-9(11)15(31)28-17(18(21,22)23,19(24,25)26)29-16-13(14(27)30)10-6-2-4-8-12(10)32-16/h1,3,5,7,29H,2,4,6,8H2,(H2,27,30)(H,28,31). The third kappa shape index (κ3) is 4.12. The van der Waals surface area contributed by atoms with Crippen molar-refractivity contribution in [1.82, 2.24) is 5.32 Å². The van der Waals surface area contributed by atoms with Crippen LogP contribution in [0.1, 0.15) is 44.0 Å². The second kappa shape index (κ2) is 8.26. The van der Waals surface area contributed by atoms with E-state index in [4.69, 9.17) is 5.73 Å². The highest BCUT2D eigenvalue weighted by Crippen LogP contribution is 2.47. The normalized spacial score (nSPS) is 14.6. The number of primary amides is 1. The predicted octanol–water partition coefficient (Wildman–Crippen LogP) is 4.53. The molecule has 174 valence electrons. The van der Waals surface area contributed by atoms with Crippen LogP contribution in [0, 0.1) is 5.82 Å². The Bertz CT molecular complexity index is 1030. The molecule has 0 saturated heterocycles. The molecule has 32 heavy (non-hydrogen) atoms. The molecule has 0 bridgehead atoms. The number of halogens is 7. The second-order valence-electron chi connectivity index (χ2n) is 7.08. The van der Waals surface area contributed by atoms with Gasteiger partial charge in [0.25, 0.3) is 11.8 Å². The zero-order chi connectivity index (χ0) is 23.9. The minimum absolute atomic E-state index is 0.262. The lowest BCUT2D eigenvalue weighted by atomic mass is 9.95. The van der Waals surface area contributed by atoms with Gasteiger partial charge < -0.3 is 16.4 Å². The van der Waals surface area contributed by atoms with E-state index in [0.29, 0.717) is 41.5 Å². The topological polar surface area (TPSA) is 84.2 Å². The highest BCUT2D eigenvalue weighted by Gasteiger charge is 2.73. The first kappa shape index (κ1) is 23.8. The van der Waals surface area contributed by atoms with Crippen molar-refractivity contribution < 1.29 is 40.3 Å². The second-order valence-corrected chi connectivity index (χ2v) is 8.19. The van der Waals surface area contributed by atoms with Crippen LogP contribution in [-0.2, 0) is 12.8 Å². The Balaban J connectivity index is 2.15. The van der Waals surface area contributed by atoms with Crippen LogP contribution in [0.2, 0.25) is 0 Å². The van der Waals surface area contributed by atoms with Gasteiger partial charge in [-0.15, -0.1) is 11.3 Å². The van der Waals surface area contributed by atoms with Gasteiger partial charge in [0, 0.05) is 4.88 Å². The fourth-order valence-electron chi connectivity index (χ4n) is 3.44. The van der Waals surface area contributed by atoms with Crippen molar-refractivity contribution in [1.29, 1.82) is 0 Å². The highest BCUT2D eigenvalue weighted by molar-refractivity contribution is 7.16. The molecule has 0 saturated carbocycles. The largest absolute Gasteiger partial charge is 0.439 e. The molecule has 0 radical (unpaired) electrons. The number of nitrogens with one attached hydrogen (secondary N) is 2. The predicted molar refractivity (Wildman–Crippen MR) is 102 cm³/mol. The zero-order valence-corrected chi connectivity index (χ0v) is 16.9. The van der Waals surface area contributed by atoms with Gasteiger partial charge in [0.2, 0.25) is 0 Å². The number of carbonyl (C=O) groups is 2. The summed E-state index contributed by atoms with van der Waals surface area (Å²) in [5.74, 6) is -4.47. The molecule has 0 atom stereocenters. The number of aryl methyl sites for hydroxylation is 1. The molecule has 2 amide bonds. The summed E-state index contributed by atoms with van der Waals surface area (Å²) in [7, 11) is 0. The molecule has 1 aliphatic carbocycles. The monoisotopic (exact) mass is 483 g/mol. The maximum atomic E-state index is 13.9. The molecule has 0 unspecified atom stereocenters. The van der Waals surface area contributed by atoms with Crippen LogP contribution < -0.4 is 16.4 Å². The Morgan fingerprint density at radius 1 is 0.969 bits per heavy atom. The average Bonchev–Trinajstić information content (AvgIpc) is 3.03. The van der Waals surface area contributed by atoms with E-state index in [2.05, 4.69) is 0 Å². The number of benzene rings is 1. The van der Waals surface area contributed by atoms with E-state index in [1.54, 1.807) is 0 Å². The Labute approximate surface area is 180 Å². The minimum atomic E-state index is -6.13.